The van der Waals surface area contributed by atoms with Crippen molar-refractivity contribution in [3.05, 3.63) is 54.0 Å². The van der Waals surface area contributed by atoms with Gasteiger partial charge in [-0.3, -0.25) is 4.79 Å². The summed E-state index contributed by atoms with van der Waals surface area (Å²) in [6, 6.07) is 7.95. The first-order valence-electron chi connectivity index (χ1n) is 7.47. The van der Waals surface area contributed by atoms with Crippen molar-refractivity contribution in [2.75, 3.05) is 10.6 Å². The number of nitrogens with zero attached hydrogens (tertiary/aromatic N) is 1. The largest absolute Gasteiger partial charge is 0.433 e. The Morgan fingerprint density at radius 1 is 1.24 bits per heavy atom. The van der Waals surface area contributed by atoms with Crippen LogP contribution in [0.5, 0.6) is 0 Å². The predicted molar refractivity (Wildman–Crippen MR) is 89.2 cm³/mol. The maximum absolute atomic E-state index is 12.5. The zero-order chi connectivity index (χ0) is 18.0. The number of aromatic nitrogens is 2. The number of anilines is 2. The van der Waals surface area contributed by atoms with Crippen molar-refractivity contribution in [1.29, 1.82) is 0 Å². The first-order valence-corrected chi connectivity index (χ1v) is 7.47. The number of halogens is 3. The second kappa shape index (κ2) is 6.46. The number of fused-ring (bicyclic) bond motifs is 1. The molecule has 25 heavy (non-hydrogen) atoms. The van der Waals surface area contributed by atoms with Crippen LogP contribution in [0.3, 0.4) is 0 Å². The SMILES string of the molecule is CC(=O)Nc1c[nH]c2ccc(CNc3ccc(C(F)(F)F)nc3)cc12. The molecule has 0 aliphatic heterocycles. The molecule has 0 aliphatic carbocycles. The van der Waals surface area contributed by atoms with Gasteiger partial charge >= 0.3 is 6.18 Å². The number of carbonyl (C=O) groups excluding carboxylic acids is 1. The molecule has 0 atom stereocenters. The van der Waals surface area contributed by atoms with Gasteiger partial charge in [0.15, 0.2) is 0 Å². The molecule has 0 spiro atoms. The van der Waals surface area contributed by atoms with E-state index in [0.717, 1.165) is 28.7 Å². The molecule has 0 radical (unpaired) electrons. The zero-order valence-electron chi connectivity index (χ0n) is 13.2. The number of alkyl halides is 3. The summed E-state index contributed by atoms with van der Waals surface area (Å²) in [6.07, 6.45) is -1.58. The molecule has 0 bridgehead atoms. The van der Waals surface area contributed by atoms with E-state index in [9.17, 15) is 18.0 Å². The quantitative estimate of drug-likeness (QED) is 0.663. The van der Waals surface area contributed by atoms with Crippen molar-refractivity contribution in [2.24, 2.45) is 0 Å². The van der Waals surface area contributed by atoms with Gasteiger partial charge < -0.3 is 15.6 Å². The van der Waals surface area contributed by atoms with Crippen molar-refractivity contribution in [3.63, 3.8) is 0 Å². The van der Waals surface area contributed by atoms with Crippen molar-refractivity contribution >= 4 is 28.2 Å². The molecule has 0 saturated heterocycles. The second-order valence-corrected chi connectivity index (χ2v) is 5.55. The van der Waals surface area contributed by atoms with E-state index in [1.165, 1.54) is 13.0 Å². The van der Waals surface area contributed by atoms with Crippen LogP contribution in [0.1, 0.15) is 18.2 Å². The van der Waals surface area contributed by atoms with Crippen LogP contribution in [0.25, 0.3) is 10.9 Å². The van der Waals surface area contributed by atoms with Crippen LogP contribution >= 0.6 is 0 Å². The van der Waals surface area contributed by atoms with Crippen LogP contribution in [0, 0.1) is 0 Å². The highest BCUT2D eigenvalue weighted by molar-refractivity contribution is 6.01. The van der Waals surface area contributed by atoms with Gasteiger partial charge in [0.1, 0.15) is 5.69 Å². The highest BCUT2D eigenvalue weighted by Crippen LogP contribution is 2.28. The van der Waals surface area contributed by atoms with Gasteiger partial charge in [-0.2, -0.15) is 13.2 Å². The molecule has 130 valence electrons. The lowest BCUT2D eigenvalue weighted by atomic mass is 10.1. The maximum Gasteiger partial charge on any atom is 0.433 e. The third-order valence-electron chi connectivity index (χ3n) is 3.61. The Morgan fingerprint density at radius 2 is 2.04 bits per heavy atom. The monoisotopic (exact) mass is 348 g/mol. The molecule has 5 nitrogen and oxygen atoms in total. The number of carbonyl (C=O) groups is 1. The summed E-state index contributed by atoms with van der Waals surface area (Å²) < 4.78 is 37.5. The minimum atomic E-state index is -4.45. The summed E-state index contributed by atoms with van der Waals surface area (Å²) in [5, 5.41) is 6.63. The summed E-state index contributed by atoms with van der Waals surface area (Å²) in [6.45, 7) is 1.84. The second-order valence-electron chi connectivity index (χ2n) is 5.55. The van der Waals surface area contributed by atoms with Gasteiger partial charge in [-0.05, 0) is 29.8 Å². The van der Waals surface area contributed by atoms with E-state index in [-0.39, 0.29) is 5.91 Å². The molecule has 8 heteroatoms. The standard InChI is InChI=1S/C17H15F3N4O/c1-10(25)24-15-9-22-14-4-2-11(6-13(14)15)7-21-12-3-5-16(23-8-12)17(18,19)20/h2-6,8-9,21-22H,7H2,1H3,(H,24,25). The molecule has 1 aromatic carbocycles. The molecule has 0 fully saturated rings. The van der Waals surface area contributed by atoms with E-state index in [1.54, 1.807) is 6.20 Å². The molecule has 1 amide bonds. The Morgan fingerprint density at radius 3 is 2.68 bits per heavy atom. The van der Waals surface area contributed by atoms with E-state index in [1.807, 2.05) is 18.2 Å². The van der Waals surface area contributed by atoms with Gasteiger partial charge in [0.2, 0.25) is 5.91 Å². The lowest BCUT2D eigenvalue weighted by Gasteiger charge is -2.09. The van der Waals surface area contributed by atoms with Crippen LogP contribution in [-0.2, 0) is 17.5 Å². The summed E-state index contributed by atoms with van der Waals surface area (Å²) in [7, 11) is 0. The molecule has 3 aromatic rings. The molecule has 2 heterocycles. The number of amides is 1. The number of aromatic amines is 1. The fourth-order valence-electron chi connectivity index (χ4n) is 2.44. The van der Waals surface area contributed by atoms with Crippen LogP contribution in [0.15, 0.2) is 42.7 Å². The average molecular weight is 348 g/mol. The Labute approximate surface area is 141 Å². The zero-order valence-corrected chi connectivity index (χ0v) is 13.2. The summed E-state index contributed by atoms with van der Waals surface area (Å²) >= 11 is 0. The number of nitrogens with one attached hydrogen (secondary N) is 3. The van der Waals surface area contributed by atoms with E-state index in [4.69, 9.17) is 0 Å². The van der Waals surface area contributed by atoms with E-state index in [2.05, 4.69) is 20.6 Å². The number of rotatable bonds is 4. The Bertz CT molecular complexity index is 900. The first kappa shape index (κ1) is 16.8. The van der Waals surface area contributed by atoms with Gasteiger partial charge in [0.25, 0.3) is 0 Å². The van der Waals surface area contributed by atoms with E-state index < -0.39 is 11.9 Å². The van der Waals surface area contributed by atoms with Gasteiger partial charge in [0, 0.05) is 30.6 Å². The Kier molecular flexibility index (Phi) is 4.35. The van der Waals surface area contributed by atoms with Gasteiger partial charge in [-0.1, -0.05) is 6.07 Å². The molecule has 3 rings (SSSR count). The van der Waals surface area contributed by atoms with Crippen molar-refractivity contribution < 1.29 is 18.0 Å². The third-order valence-corrected chi connectivity index (χ3v) is 3.61. The fraction of sp³-hybridized carbons (Fsp3) is 0.176. The van der Waals surface area contributed by atoms with Crippen LogP contribution in [-0.4, -0.2) is 15.9 Å². The van der Waals surface area contributed by atoms with Gasteiger partial charge in [-0.25, -0.2) is 4.98 Å². The van der Waals surface area contributed by atoms with Crippen molar-refractivity contribution in [2.45, 2.75) is 19.6 Å². The summed E-state index contributed by atoms with van der Waals surface area (Å²) in [5.74, 6) is -0.166. The Balaban J connectivity index is 1.73. The molecule has 3 N–H and O–H groups in total. The van der Waals surface area contributed by atoms with Crippen LogP contribution < -0.4 is 10.6 Å². The lowest BCUT2D eigenvalue weighted by Crippen LogP contribution is -2.08. The Hall–Kier alpha value is -3.03. The highest BCUT2D eigenvalue weighted by atomic mass is 19.4. The van der Waals surface area contributed by atoms with Gasteiger partial charge in [0.05, 0.1) is 17.6 Å². The van der Waals surface area contributed by atoms with Crippen LogP contribution in [0.4, 0.5) is 24.5 Å². The molecular weight excluding hydrogens is 333 g/mol. The highest BCUT2D eigenvalue weighted by Gasteiger charge is 2.31. The van der Waals surface area contributed by atoms with Crippen LogP contribution in [0.2, 0.25) is 0 Å². The third kappa shape index (κ3) is 3.90. The first-order chi connectivity index (χ1) is 11.8. The number of hydrogen-bond acceptors (Lipinski definition) is 3. The van der Waals surface area contributed by atoms with E-state index >= 15 is 0 Å². The minimum Gasteiger partial charge on any atom is -0.380 e. The average Bonchev–Trinajstić information content (AvgIpc) is 2.94. The number of pyridine rings is 1. The normalized spacial score (nSPS) is 11.5. The summed E-state index contributed by atoms with van der Waals surface area (Å²) in [5.41, 5.74) is 2.04. The van der Waals surface area contributed by atoms with E-state index in [0.29, 0.717) is 17.9 Å². The number of hydrogen-bond donors (Lipinski definition) is 3. The molecule has 0 aliphatic rings. The topological polar surface area (TPSA) is 69.8 Å². The smallest absolute Gasteiger partial charge is 0.380 e. The molecule has 2 aromatic heterocycles. The number of benzene rings is 1. The fourth-order valence-corrected chi connectivity index (χ4v) is 2.44. The number of H-pyrrole nitrogens is 1. The lowest BCUT2D eigenvalue weighted by molar-refractivity contribution is -0.141. The maximum atomic E-state index is 12.5. The molecule has 0 saturated carbocycles. The van der Waals surface area contributed by atoms with Crippen molar-refractivity contribution in [3.8, 4) is 0 Å². The van der Waals surface area contributed by atoms with Crippen molar-refractivity contribution in [1.82, 2.24) is 9.97 Å². The molecule has 0 unspecified atom stereocenters. The predicted octanol–water partition coefficient (Wildman–Crippen LogP) is 4.15. The minimum absolute atomic E-state index is 0.166. The summed E-state index contributed by atoms with van der Waals surface area (Å²) in [4.78, 5) is 17.7. The molecular formula is C17H15F3N4O. The van der Waals surface area contributed by atoms with Gasteiger partial charge in [-0.15, -0.1) is 0 Å².